The first kappa shape index (κ1) is 15.7. The lowest BCUT2D eigenvalue weighted by atomic mass is 9.93. The third-order valence-corrected chi connectivity index (χ3v) is 4.42. The second-order valence-corrected chi connectivity index (χ2v) is 6.25. The van der Waals surface area contributed by atoms with E-state index in [1.54, 1.807) is 6.07 Å². The van der Waals surface area contributed by atoms with Gasteiger partial charge in [0, 0.05) is 29.1 Å². The molecule has 0 N–H and O–H groups in total. The van der Waals surface area contributed by atoms with Crippen LogP contribution in [0, 0.1) is 6.92 Å². The summed E-state index contributed by atoms with van der Waals surface area (Å²) in [4.78, 5) is 14.8. The highest BCUT2D eigenvalue weighted by atomic mass is 35.5. The van der Waals surface area contributed by atoms with Crippen LogP contribution in [0.5, 0.6) is 0 Å². The van der Waals surface area contributed by atoms with Crippen molar-refractivity contribution in [3.63, 3.8) is 0 Å². The SMILES string of the molecule is Cc1cc(Cl)ccc1C(=O)N(CCCl)C1CCCCC1. The van der Waals surface area contributed by atoms with Gasteiger partial charge >= 0.3 is 0 Å². The molecule has 2 nitrogen and oxygen atoms in total. The van der Waals surface area contributed by atoms with Crippen LogP contribution < -0.4 is 0 Å². The maximum Gasteiger partial charge on any atom is 0.254 e. The first-order chi connectivity index (χ1) is 9.63. The number of carbonyl (C=O) groups excluding carboxylic acids is 1. The molecule has 0 bridgehead atoms. The molecular formula is C16H21Cl2NO. The van der Waals surface area contributed by atoms with Crippen molar-refractivity contribution in [2.45, 2.75) is 45.1 Å². The van der Waals surface area contributed by atoms with Gasteiger partial charge in [0.05, 0.1) is 0 Å². The molecule has 0 aliphatic heterocycles. The maximum absolute atomic E-state index is 12.8. The molecule has 1 aliphatic rings. The Kier molecular flexibility index (Phi) is 5.74. The summed E-state index contributed by atoms with van der Waals surface area (Å²) in [5.41, 5.74) is 1.67. The highest BCUT2D eigenvalue weighted by molar-refractivity contribution is 6.30. The van der Waals surface area contributed by atoms with Crippen molar-refractivity contribution in [1.29, 1.82) is 0 Å². The predicted octanol–water partition coefficient (Wildman–Crippen LogP) is 4.66. The number of carbonyl (C=O) groups is 1. The van der Waals surface area contributed by atoms with Gasteiger partial charge in [0.1, 0.15) is 0 Å². The lowest BCUT2D eigenvalue weighted by Crippen LogP contribution is -2.42. The largest absolute Gasteiger partial charge is 0.334 e. The molecule has 0 aromatic heterocycles. The topological polar surface area (TPSA) is 20.3 Å². The number of amides is 1. The summed E-state index contributed by atoms with van der Waals surface area (Å²) in [5, 5.41) is 0.667. The Bertz CT molecular complexity index is 470. The minimum Gasteiger partial charge on any atom is -0.334 e. The summed E-state index contributed by atoms with van der Waals surface area (Å²) in [6.45, 7) is 2.55. The Morgan fingerprint density at radius 3 is 2.60 bits per heavy atom. The monoisotopic (exact) mass is 313 g/mol. The van der Waals surface area contributed by atoms with E-state index in [0.717, 1.165) is 24.0 Å². The summed E-state index contributed by atoms with van der Waals surface area (Å²) in [5.74, 6) is 0.571. The maximum atomic E-state index is 12.8. The van der Waals surface area contributed by atoms with Crippen LogP contribution in [0.15, 0.2) is 18.2 Å². The third-order valence-electron chi connectivity index (χ3n) is 4.02. The fraction of sp³-hybridized carbons (Fsp3) is 0.562. The van der Waals surface area contributed by atoms with Crippen LogP contribution in [-0.2, 0) is 0 Å². The van der Waals surface area contributed by atoms with E-state index in [9.17, 15) is 4.79 Å². The normalized spacial score (nSPS) is 16.1. The van der Waals surface area contributed by atoms with Crippen LogP contribution in [-0.4, -0.2) is 29.3 Å². The van der Waals surface area contributed by atoms with Crippen molar-refractivity contribution in [3.05, 3.63) is 34.3 Å². The molecule has 0 spiro atoms. The van der Waals surface area contributed by atoms with Gasteiger partial charge in [-0.1, -0.05) is 30.9 Å². The summed E-state index contributed by atoms with van der Waals surface area (Å²) >= 11 is 11.9. The molecule has 0 saturated heterocycles. The van der Waals surface area contributed by atoms with Gasteiger partial charge in [-0.05, 0) is 43.5 Å². The van der Waals surface area contributed by atoms with E-state index >= 15 is 0 Å². The van der Waals surface area contributed by atoms with Crippen LogP contribution in [0.25, 0.3) is 0 Å². The number of rotatable bonds is 4. The van der Waals surface area contributed by atoms with Gasteiger partial charge < -0.3 is 4.90 Å². The number of halogens is 2. The fourth-order valence-electron chi connectivity index (χ4n) is 2.96. The summed E-state index contributed by atoms with van der Waals surface area (Å²) in [7, 11) is 0. The van der Waals surface area contributed by atoms with Gasteiger partial charge in [-0.3, -0.25) is 4.79 Å². The molecule has 4 heteroatoms. The van der Waals surface area contributed by atoms with Gasteiger partial charge in [0.2, 0.25) is 0 Å². The molecule has 0 unspecified atom stereocenters. The van der Waals surface area contributed by atoms with E-state index < -0.39 is 0 Å². The minimum atomic E-state index is 0.0896. The van der Waals surface area contributed by atoms with Crippen molar-refractivity contribution in [1.82, 2.24) is 4.90 Å². The molecule has 20 heavy (non-hydrogen) atoms. The fourth-order valence-corrected chi connectivity index (χ4v) is 3.36. The molecule has 1 aromatic carbocycles. The van der Waals surface area contributed by atoms with Crippen LogP contribution in [0.3, 0.4) is 0 Å². The molecule has 2 rings (SSSR count). The van der Waals surface area contributed by atoms with Crippen molar-refractivity contribution < 1.29 is 4.79 Å². The molecule has 1 saturated carbocycles. The molecule has 1 aliphatic carbocycles. The van der Waals surface area contributed by atoms with Gasteiger partial charge in [0.25, 0.3) is 5.91 Å². The molecular weight excluding hydrogens is 293 g/mol. The lowest BCUT2D eigenvalue weighted by Gasteiger charge is -2.34. The van der Waals surface area contributed by atoms with Gasteiger partial charge in [-0.25, -0.2) is 0 Å². The Balaban J connectivity index is 2.21. The number of hydrogen-bond donors (Lipinski definition) is 0. The Hall–Kier alpha value is -0.730. The highest BCUT2D eigenvalue weighted by Gasteiger charge is 2.26. The molecule has 1 aromatic rings. The van der Waals surface area contributed by atoms with E-state index in [1.807, 2.05) is 24.0 Å². The zero-order valence-corrected chi connectivity index (χ0v) is 13.4. The zero-order valence-electron chi connectivity index (χ0n) is 11.9. The number of benzene rings is 1. The first-order valence-electron chi connectivity index (χ1n) is 7.26. The molecule has 1 amide bonds. The summed E-state index contributed by atoms with van der Waals surface area (Å²) in [6, 6.07) is 5.78. The summed E-state index contributed by atoms with van der Waals surface area (Å²) in [6.07, 6.45) is 5.87. The van der Waals surface area contributed by atoms with Crippen LogP contribution in [0.4, 0.5) is 0 Å². The average Bonchev–Trinajstić information content (AvgIpc) is 2.45. The van der Waals surface area contributed by atoms with E-state index in [4.69, 9.17) is 23.2 Å². The predicted molar refractivity (Wildman–Crippen MR) is 84.8 cm³/mol. The van der Waals surface area contributed by atoms with E-state index in [2.05, 4.69) is 0 Å². The molecule has 0 radical (unpaired) electrons. The lowest BCUT2D eigenvalue weighted by molar-refractivity contribution is 0.0649. The van der Waals surface area contributed by atoms with Gasteiger partial charge in [0.15, 0.2) is 0 Å². The van der Waals surface area contributed by atoms with Gasteiger partial charge in [-0.15, -0.1) is 11.6 Å². The van der Waals surface area contributed by atoms with Crippen LogP contribution in [0.1, 0.15) is 48.0 Å². The van der Waals surface area contributed by atoms with E-state index in [1.165, 1.54) is 19.3 Å². The Morgan fingerprint density at radius 2 is 2.00 bits per heavy atom. The van der Waals surface area contributed by atoms with Crippen LogP contribution >= 0.6 is 23.2 Å². The van der Waals surface area contributed by atoms with Crippen molar-refractivity contribution >= 4 is 29.1 Å². The quantitative estimate of drug-likeness (QED) is 0.740. The number of nitrogens with zero attached hydrogens (tertiary/aromatic N) is 1. The standard InChI is InChI=1S/C16H21Cl2NO/c1-12-11-13(18)7-8-15(12)16(20)19(10-9-17)14-5-3-2-4-6-14/h7-8,11,14H,2-6,9-10H2,1H3. The second kappa shape index (κ2) is 7.33. The zero-order chi connectivity index (χ0) is 14.5. The Morgan fingerprint density at radius 1 is 1.30 bits per heavy atom. The van der Waals surface area contributed by atoms with Crippen molar-refractivity contribution in [2.75, 3.05) is 12.4 Å². The second-order valence-electron chi connectivity index (χ2n) is 5.44. The highest BCUT2D eigenvalue weighted by Crippen LogP contribution is 2.25. The van der Waals surface area contributed by atoms with E-state index in [0.29, 0.717) is 23.5 Å². The van der Waals surface area contributed by atoms with Gasteiger partial charge in [-0.2, -0.15) is 0 Å². The number of alkyl halides is 1. The Labute approximate surface area is 131 Å². The average molecular weight is 314 g/mol. The van der Waals surface area contributed by atoms with Crippen LogP contribution in [0.2, 0.25) is 5.02 Å². The minimum absolute atomic E-state index is 0.0896. The number of hydrogen-bond acceptors (Lipinski definition) is 1. The van der Waals surface area contributed by atoms with E-state index in [-0.39, 0.29) is 5.91 Å². The molecule has 1 fully saturated rings. The molecule has 0 atom stereocenters. The number of aryl methyl sites for hydroxylation is 1. The molecule has 110 valence electrons. The van der Waals surface area contributed by atoms with Crippen molar-refractivity contribution in [2.24, 2.45) is 0 Å². The summed E-state index contributed by atoms with van der Waals surface area (Å²) < 4.78 is 0. The third kappa shape index (κ3) is 3.67. The van der Waals surface area contributed by atoms with Crippen molar-refractivity contribution in [3.8, 4) is 0 Å². The molecule has 0 heterocycles. The first-order valence-corrected chi connectivity index (χ1v) is 8.18. The smallest absolute Gasteiger partial charge is 0.254 e.